The number of hydrogen-bond acceptors (Lipinski definition) is 6. The van der Waals surface area contributed by atoms with Crippen LogP contribution in [0.2, 0.25) is 0 Å². The van der Waals surface area contributed by atoms with Crippen molar-refractivity contribution in [1.29, 1.82) is 0 Å². The van der Waals surface area contributed by atoms with E-state index >= 15 is 0 Å². The van der Waals surface area contributed by atoms with Gasteiger partial charge in [0.15, 0.2) is 11.2 Å². The Morgan fingerprint density at radius 1 is 1.23 bits per heavy atom. The number of benzene rings is 1. The van der Waals surface area contributed by atoms with Crippen LogP contribution in [0.4, 0.5) is 5.95 Å². The van der Waals surface area contributed by atoms with Crippen LogP contribution in [-0.4, -0.2) is 25.0 Å². The van der Waals surface area contributed by atoms with Crippen LogP contribution in [0.15, 0.2) is 41.3 Å². The van der Waals surface area contributed by atoms with E-state index in [9.17, 15) is 9.90 Å². The van der Waals surface area contributed by atoms with Crippen LogP contribution in [0, 0.1) is 0 Å². The minimum Gasteiger partial charge on any atom is -0.387 e. The van der Waals surface area contributed by atoms with E-state index in [1.165, 1.54) is 6.20 Å². The first-order chi connectivity index (χ1) is 10.6. The van der Waals surface area contributed by atoms with Crippen molar-refractivity contribution in [3.63, 3.8) is 0 Å². The van der Waals surface area contributed by atoms with Gasteiger partial charge in [0.1, 0.15) is 0 Å². The fourth-order valence-corrected chi connectivity index (χ4v) is 2.20. The van der Waals surface area contributed by atoms with Crippen molar-refractivity contribution < 1.29 is 5.11 Å². The third kappa shape index (κ3) is 2.94. The fraction of sp³-hybridized carbons (Fsp3) is 0.200. The number of nitrogens with two attached hydrogens (primary N) is 1. The summed E-state index contributed by atoms with van der Waals surface area (Å²) in [6.07, 6.45) is 1.82. The summed E-state index contributed by atoms with van der Waals surface area (Å²) >= 11 is 0. The molecule has 0 amide bonds. The van der Waals surface area contributed by atoms with Crippen molar-refractivity contribution >= 4 is 17.1 Å². The summed E-state index contributed by atoms with van der Waals surface area (Å²) in [4.78, 5) is 26.3. The van der Waals surface area contributed by atoms with Crippen LogP contribution in [0.25, 0.3) is 11.2 Å². The van der Waals surface area contributed by atoms with Gasteiger partial charge in [-0.1, -0.05) is 30.3 Å². The number of aliphatic hydroxyl groups excluding tert-OH is 1. The van der Waals surface area contributed by atoms with E-state index in [-0.39, 0.29) is 17.1 Å². The van der Waals surface area contributed by atoms with Crippen LogP contribution in [-0.2, 0) is 6.42 Å². The summed E-state index contributed by atoms with van der Waals surface area (Å²) in [7, 11) is 0. The van der Waals surface area contributed by atoms with Crippen molar-refractivity contribution in [2.75, 3.05) is 5.73 Å². The quantitative estimate of drug-likeness (QED) is 0.660. The molecule has 1 aromatic carbocycles. The molecule has 0 fully saturated rings. The van der Waals surface area contributed by atoms with E-state index in [2.05, 4.69) is 19.9 Å². The number of hydrogen-bond donors (Lipinski definition) is 3. The van der Waals surface area contributed by atoms with Gasteiger partial charge in [0.2, 0.25) is 5.95 Å². The Morgan fingerprint density at radius 3 is 2.77 bits per heavy atom. The molecular formula is C15H15N5O2. The molecule has 7 heteroatoms. The first kappa shape index (κ1) is 14.2. The van der Waals surface area contributed by atoms with Gasteiger partial charge in [0.25, 0.3) is 5.56 Å². The van der Waals surface area contributed by atoms with Crippen LogP contribution >= 0.6 is 0 Å². The second-order valence-corrected chi connectivity index (χ2v) is 4.96. The highest BCUT2D eigenvalue weighted by atomic mass is 16.3. The van der Waals surface area contributed by atoms with E-state index in [0.717, 1.165) is 5.56 Å². The van der Waals surface area contributed by atoms with Crippen LogP contribution in [0.5, 0.6) is 0 Å². The number of nitrogens with one attached hydrogen (secondary N) is 1. The second-order valence-electron chi connectivity index (χ2n) is 4.96. The summed E-state index contributed by atoms with van der Waals surface area (Å²) in [6, 6.07) is 9.84. The smallest absolute Gasteiger partial charge is 0.280 e. The van der Waals surface area contributed by atoms with E-state index in [1.807, 2.05) is 30.3 Å². The van der Waals surface area contributed by atoms with Gasteiger partial charge >= 0.3 is 0 Å². The average molecular weight is 297 g/mol. The molecule has 2 aromatic heterocycles. The van der Waals surface area contributed by atoms with E-state index in [4.69, 9.17) is 5.73 Å². The summed E-state index contributed by atoms with van der Waals surface area (Å²) in [5.74, 6) is -0.0100. The van der Waals surface area contributed by atoms with Crippen LogP contribution in [0.1, 0.15) is 23.8 Å². The lowest BCUT2D eigenvalue weighted by Gasteiger charge is -2.10. The predicted molar refractivity (Wildman–Crippen MR) is 82.1 cm³/mol. The molecule has 112 valence electrons. The highest BCUT2D eigenvalue weighted by molar-refractivity contribution is 5.69. The Labute approximate surface area is 125 Å². The third-order valence-corrected chi connectivity index (χ3v) is 3.35. The number of aromatic amines is 1. The lowest BCUT2D eigenvalue weighted by molar-refractivity contribution is 0.163. The van der Waals surface area contributed by atoms with Gasteiger partial charge in [0, 0.05) is 0 Å². The molecule has 0 aliphatic rings. The average Bonchev–Trinajstić information content (AvgIpc) is 2.53. The minimum absolute atomic E-state index is 0.0100. The van der Waals surface area contributed by atoms with Crippen LogP contribution < -0.4 is 11.3 Å². The maximum absolute atomic E-state index is 11.8. The minimum atomic E-state index is -0.797. The molecular weight excluding hydrogens is 282 g/mol. The van der Waals surface area contributed by atoms with Crippen molar-refractivity contribution in [2.24, 2.45) is 0 Å². The van der Waals surface area contributed by atoms with Gasteiger partial charge in [-0.15, -0.1) is 0 Å². The lowest BCUT2D eigenvalue weighted by Crippen LogP contribution is -2.15. The zero-order chi connectivity index (χ0) is 15.5. The monoisotopic (exact) mass is 297 g/mol. The molecule has 0 saturated carbocycles. The van der Waals surface area contributed by atoms with Crippen molar-refractivity contribution in [2.45, 2.75) is 18.9 Å². The Kier molecular flexibility index (Phi) is 3.80. The molecule has 3 aromatic rings. The van der Waals surface area contributed by atoms with Crippen molar-refractivity contribution in [3.05, 3.63) is 58.1 Å². The molecule has 0 aliphatic heterocycles. The summed E-state index contributed by atoms with van der Waals surface area (Å²) in [5.41, 5.74) is 6.70. The normalized spacial score (nSPS) is 12.4. The van der Waals surface area contributed by atoms with Crippen LogP contribution in [0.3, 0.4) is 0 Å². The Hall–Kier alpha value is -2.80. The van der Waals surface area contributed by atoms with Gasteiger partial charge in [-0.25, -0.2) is 9.97 Å². The molecule has 4 N–H and O–H groups in total. The highest BCUT2D eigenvalue weighted by Gasteiger charge is 2.13. The summed E-state index contributed by atoms with van der Waals surface area (Å²) in [5, 5.41) is 10.2. The largest absolute Gasteiger partial charge is 0.387 e. The number of anilines is 1. The van der Waals surface area contributed by atoms with Crippen molar-refractivity contribution in [1.82, 2.24) is 19.9 Å². The Bertz CT molecular complexity index is 847. The third-order valence-electron chi connectivity index (χ3n) is 3.35. The topological polar surface area (TPSA) is 118 Å². The molecule has 0 saturated heterocycles. The first-order valence-corrected chi connectivity index (χ1v) is 6.88. The zero-order valence-corrected chi connectivity index (χ0v) is 11.7. The molecule has 0 aliphatic carbocycles. The van der Waals surface area contributed by atoms with Crippen molar-refractivity contribution in [3.8, 4) is 0 Å². The van der Waals surface area contributed by atoms with Gasteiger partial charge < -0.3 is 10.8 Å². The number of nitrogens with zero attached hydrogens (tertiary/aromatic N) is 3. The molecule has 2 heterocycles. The highest BCUT2D eigenvalue weighted by Crippen LogP contribution is 2.17. The van der Waals surface area contributed by atoms with Gasteiger partial charge in [-0.3, -0.25) is 9.78 Å². The standard InChI is InChI=1S/C15H15N5O2/c16-15-19-13-12(14(22)20-15)18-10(8-17-13)11(21)7-6-9-4-2-1-3-5-9/h1-5,8,11,21H,6-7H2,(H3,16,17,19,20,22)/t11-/m1/s1. The molecule has 1 atom stereocenters. The maximum atomic E-state index is 11.8. The molecule has 7 nitrogen and oxygen atoms in total. The Morgan fingerprint density at radius 2 is 2.00 bits per heavy atom. The van der Waals surface area contributed by atoms with E-state index in [1.54, 1.807) is 0 Å². The molecule has 22 heavy (non-hydrogen) atoms. The van der Waals surface area contributed by atoms with Gasteiger partial charge in [-0.05, 0) is 18.4 Å². The maximum Gasteiger partial charge on any atom is 0.280 e. The zero-order valence-electron chi connectivity index (χ0n) is 11.7. The number of fused-ring (bicyclic) bond motifs is 1. The number of nitrogen functional groups attached to an aromatic ring is 1. The molecule has 0 radical (unpaired) electrons. The van der Waals surface area contributed by atoms with E-state index in [0.29, 0.717) is 18.5 Å². The number of H-pyrrole nitrogens is 1. The summed E-state index contributed by atoms with van der Waals surface area (Å²) in [6.45, 7) is 0. The SMILES string of the molecule is Nc1nc2ncc([C@H](O)CCc3ccccc3)nc2c(=O)[nH]1. The fourth-order valence-electron chi connectivity index (χ4n) is 2.20. The Balaban J connectivity index is 1.82. The lowest BCUT2D eigenvalue weighted by atomic mass is 10.1. The second kappa shape index (κ2) is 5.90. The number of aliphatic hydroxyl groups is 1. The van der Waals surface area contributed by atoms with E-state index < -0.39 is 11.7 Å². The molecule has 0 spiro atoms. The van der Waals surface area contributed by atoms with Gasteiger partial charge in [-0.2, -0.15) is 4.98 Å². The molecule has 0 bridgehead atoms. The molecule has 0 unspecified atom stereocenters. The first-order valence-electron chi connectivity index (χ1n) is 6.88. The molecule has 3 rings (SSSR count). The van der Waals surface area contributed by atoms with Gasteiger partial charge in [0.05, 0.1) is 18.0 Å². The predicted octanol–water partition coefficient (Wildman–Crippen LogP) is 0.962. The summed E-state index contributed by atoms with van der Waals surface area (Å²) < 4.78 is 0. The number of aromatic nitrogens is 4. The number of aryl methyl sites for hydroxylation is 1. The number of rotatable bonds is 4.